The van der Waals surface area contributed by atoms with Crippen LogP contribution in [0.25, 0.3) is 44.1 Å². The van der Waals surface area contributed by atoms with Crippen LogP contribution in [-0.2, 0) is 9.47 Å². The highest BCUT2D eigenvalue weighted by atomic mass is 16.5. The molecule has 0 aromatic heterocycles. The van der Waals surface area contributed by atoms with E-state index in [1.807, 2.05) is 61.6 Å². The van der Waals surface area contributed by atoms with Crippen LogP contribution in [0.15, 0.2) is 134 Å². The van der Waals surface area contributed by atoms with Gasteiger partial charge in [-0.05, 0) is 63.9 Å². The molecule has 7 nitrogen and oxygen atoms in total. The van der Waals surface area contributed by atoms with E-state index in [4.69, 9.17) is 27.7 Å². The van der Waals surface area contributed by atoms with Crippen LogP contribution in [0.2, 0.25) is 0 Å². The third-order valence-electron chi connectivity index (χ3n) is 6.68. The molecule has 0 spiro atoms. The highest BCUT2D eigenvalue weighted by Gasteiger charge is 2.18. The number of allylic oxidation sites excluding steroid dienone is 5. The van der Waals surface area contributed by atoms with Crippen molar-refractivity contribution in [3.63, 3.8) is 0 Å². The van der Waals surface area contributed by atoms with Gasteiger partial charge in [0.2, 0.25) is 6.23 Å². The Labute approximate surface area is 246 Å². The highest BCUT2D eigenvalue weighted by molar-refractivity contribution is 6.16. The summed E-state index contributed by atoms with van der Waals surface area (Å²) in [5, 5.41) is 7.15. The van der Waals surface area contributed by atoms with Crippen molar-refractivity contribution in [2.45, 2.75) is 13.2 Å². The summed E-state index contributed by atoms with van der Waals surface area (Å²) in [6, 6.07) is 25.0. The van der Waals surface area contributed by atoms with Crippen molar-refractivity contribution in [3.05, 3.63) is 145 Å². The predicted molar refractivity (Wildman–Crippen MR) is 176 cm³/mol. The zero-order valence-corrected chi connectivity index (χ0v) is 23.8. The molecule has 214 valence electrons. The molecule has 9 N–H and O–H groups in total. The van der Waals surface area contributed by atoms with Crippen LogP contribution in [0.3, 0.4) is 0 Å². The molecule has 0 aliphatic carbocycles. The first-order chi connectivity index (χ1) is 20.5. The summed E-state index contributed by atoms with van der Waals surface area (Å²) < 4.78 is 9.84. The van der Waals surface area contributed by atoms with Gasteiger partial charge < -0.3 is 37.7 Å². The van der Waals surface area contributed by atoms with E-state index in [0.717, 1.165) is 43.8 Å². The molecule has 4 aromatic carbocycles. The number of hydrogen-bond acceptors (Lipinski definition) is 7. The highest BCUT2D eigenvalue weighted by Crippen LogP contribution is 2.39. The van der Waals surface area contributed by atoms with Crippen LogP contribution < -0.4 is 28.3 Å². The molecule has 0 saturated heterocycles. The van der Waals surface area contributed by atoms with Gasteiger partial charge in [0.15, 0.2) is 0 Å². The fourth-order valence-electron chi connectivity index (χ4n) is 4.79. The number of fused-ring (bicyclic) bond motifs is 2. The number of nitrogens with two attached hydrogens (primary N) is 4. The van der Waals surface area contributed by atoms with Crippen LogP contribution >= 0.6 is 0 Å². The summed E-state index contributed by atoms with van der Waals surface area (Å²) in [6.07, 6.45) is 15.1. The van der Waals surface area contributed by atoms with Gasteiger partial charge in [0.05, 0.1) is 19.1 Å². The summed E-state index contributed by atoms with van der Waals surface area (Å²) in [7, 11) is 1.54. The van der Waals surface area contributed by atoms with Gasteiger partial charge in [-0.2, -0.15) is 0 Å². The van der Waals surface area contributed by atoms with E-state index >= 15 is 0 Å². The Morgan fingerprint density at radius 1 is 0.786 bits per heavy atom. The number of ether oxygens (including phenoxy) is 2. The molecular weight excluding hydrogens is 522 g/mol. The minimum atomic E-state index is -0.402. The first kappa shape index (κ1) is 29.4. The lowest BCUT2D eigenvalue weighted by Gasteiger charge is -2.18. The Hall–Kier alpha value is -5.56. The molecule has 42 heavy (non-hydrogen) atoms. The summed E-state index contributed by atoms with van der Waals surface area (Å²) >= 11 is 0. The summed E-state index contributed by atoms with van der Waals surface area (Å²) in [5.41, 5.74) is 30.5. The van der Waals surface area contributed by atoms with E-state index in [9.17, 15) is 0 Å². The van der Waals surface area contributed by atoms with Gasteiger partial charge in [0, 0.05) is 34.9 Å². The Morgan fingerprint density at radius 3 is 2.02 bits per heavy atom. The fourth-order valence-corrected chi connectivity index (χ4v) is 4.79. The van der Waals surface area contributed by atoms with Crippen molar-refractivity contribution >= 4 is 32.9 Å². The second-order valence-electron chi connectivity index (χ2n) is 9.41. The molecule has 0 saturated carbocycles. The molecule has 1 atom stereocenters. The molecule has 1 unspecified atom stereocenters. The zero-order valence-electron chi connectivity index (χ0n) is 23.8. The number of rotatable bonds is 7. The van der Waals surface area contributed by atoms with Crippen LogP contribution in [0.4, 0.5) is 0 Å². The lowest BCUT2D eigenvalue weighted by Crippen LogP contribution is -2.27. The summed E-state index contributed by atoms with van der Waals surface area (Å²) in [6.45, 7) is 1.97. The maximum Gasteiger partial charge on any atom is 0.209 e. The average molecular weight is 560 g/mol. The molecule has 0 bridgehead atoms. The largest absolute Gasteiger partial charge is 0.503 e. The second kappa shape index (κ2) is 14.2. The summed E-state index contributed by atoms with van der Waals surface area (Å²) in [5.74, 6) is 0. The lowest BCUT2D eigenvalue weighted by molar-refractivity contribution is 0.184. The van der Waals surface area contributed by atoms with Gasteiger partial charge >= 0.3 is 0 Å². The van der Waals surface area contributed by atoms with E-state index in [0.29, 0.717) is 17.1 Å². The monoisotopic (exact) mass is 559 g/mol. The number of methoxy groups -OCH3 is 1. The normalized spacial score (nSPS) is 15.6. The Bertz CT molecular complexity index is 1710. The first-order valence-corrected chi connectivity index (χ1v) is 13.5. The Kier molecular flexibility index (Phi) is 9.94. The molecule has 5 rings (SSSR count). The van der Waals surface area contributed by atoms with Gasteiger partial charge in [-0.15, -0.1) is 0 Å². The van der Waals surface area contributed by atoms with Crippen LogP contribution in [0.1, 0.15) is 18.1 Å². The topological polar surface area (TPSA) is 135 Å². The average Bonchev–Trinajstić information content (AvgIpc) is 3.57. The second-order valence-corrected chi connectivity index (χ2v) is 9.41. The van der Waals surface area contributed by atoms with Crippen molar-refractivity contribution in [1.82, 2.24) is 5.32 Å². The molecule has 1 heterocycles. The first-order valence-electron chi connectivity index (χ1n) is 13.5. The third kappa shape index (κ3) is 6.59. The van der Waals surface area contributed by atoms with Crippen molar-refractivity contribution < 1.29 is 9.47 Å². The number of benzene rings is 4. The molecule has 1 aliphatic heterocycles. The fraction of sp³-hybridized carbons (Fsp3) is 0.0857. The maximum absolute atomic E-state index is 6.80. The maximum atomic E-state index is 6.80. The van der Waals surface area contributed by atoms with Crippen molar-refractivity contribution in [3.8, 4) is 11.1 Å². The van der Waals surface area contributed by atoms with E-state index in [1.165, 1.54) is 12.5 Å². The van der Waals surface area contributed by atoms with Gasteiger partial charge in [0.1, 0.15) is 6.26 Å². The van der Waals surface area contributed by atoms with Gasteiger partial charge in [-0.25, -0.2) is 0 Å². The van der Waals surface area contributed by atoms with Crippen LogP contribution in [-0.4, -0.2) is 13.3 Å². The lowest BCUT2D eigenvalue weighted by atomic mass is 9.87. The van der Waals surface area contributed by atoms with Crippen LogP contribution in [0.5, 0.6) is 0 Å². The van der Waals surface area contributed by atoms with Gasteiger partial charge in [-0.1, -0.05) is 78.9 Å². The van der Waals surface area contributed by atoms with E-state index in [1.54, 1.807) is 25.6 Å². The Morgan fingerprint density at radius 2 is 1.43 bits per heavy atom. The Balaban J connectivity index is 0.000000748. The van der Waals surface area contributed by atoms with Gasteiger partial charge in [-0.3, -0.25) is 0 Å². The van der Waals surface area contributed by atoms with E-state index in [-0.39, 0.29) is 0 Å². The van der Waals surface area contributed by atoms with Gasteiger partial charge in [0.25, 0.3) is 0 Å². The third-order valence-corrected chi connectivity index (χ3v) is 6.68. The van der Waals surface area contributed by atoms with Crippen molar-refractivity contribution in [1.29, 1.82) is 0 Å². The van der Waals surface area contributed by atoms with Crippen molar-refractivity contribution in [2.75, 3.05) is 7.11 Å². The minimum Gasteiger partial charge on any atom is -0.503 e. The predicted octanol–water partition coefficient (Wildman–Crippen LogP) is 6.16. The number of hydrogen-bond donors (Lipinski definition) is 5. The van der Waals surface area contributed by atoms with E-state index < -0.39 is 6.23 Å². The van der Waals surface area contributed by atoms with Crippen molar-refractivity contribution in [2.24, 2.45) is 22.9 Å². The van der Waals surface area contributed by atoms with Crippen LogP contribution in [0, 0.1) is 0 Å². The zero-order chi connectivity index (χ0) is 29.9. The molecule has 1 aliphatic rings. The smallest absolute Gasteiger partial charge is 0.209 e. The van der Waals surface area contributed by atoms with E-state index in [2.05, 4.69) is 52.5 Å². The molecule has 4 aromatic rings. The molecule has 7 heteroatoms. The molecule has 0 amide bonds. The summed E-state index contributed by atoms with van der Waals surface area (Å²) in [4.78, 5) is 0. The molecule has 0 fully saturated rings. The molecule has 0 radical (unpaired) electrons. The quantitative estimate of drug-likeness (QED) is 0.104. The minimum absolute atomic E-state index is 0.402. The molecular formula is C35H37N5O2. The standard InChI is InChI=1S/C32H30N4O.C3H7NO/c1-2-3-13-27(33)30-23-11-7-8-12-24(23)31(28(34)16-17-29(35)32-36-18-19-37-32)26-20-22(14-15-25(26)30)21-9-5-4-6-10-21;1-5-3-2-4/h2-20,32,36H,33-35H2,1H3;2-3H,4H2,1H3/b3-2+,27-13-,28-16-,29-17-;3-2-. The SMILES string of the molecule is C/C=C/C=C(\N)c1c2ccccc2c(/C(N)=C/C=C(\N)C2NC=CO2)c2cc(-c3ccccc3)ccc12.CO/C=C\N. The number of nitrogens with one attached hydrogen (secondary N) is 1.